The van der Waals surface area contributed by atoms with E-state index in [2.05, 4.69) is 4.57 Å². The van der Waals surface area contributed by atoms with Crippen molar-refractivity contribution >= 4 is 22.8 Å². The lowest BCUT2D eigenvalue weighted by atomic mass is 10.1. The predicted octanol–water partition coefficient (Wildman–Crippen LogP) is 6.74. The molecule has 0 bridgehead atoms. The van der Waals surface area contributed by atoms with Crippen LogP contribution >= 0.6 is 11.8 Å². The first kappa shape index (κ1) is 20.3. The van der Waals surface area contributed by atoms with Gasteiger partial charge in [0.2, 0.25) is 0 Å². The number of rotatable bonds is 6. The molecule has 0 fully saturated rings. The number of fused-ring (bicyclic) bond motifs is 1. The molecule has 0 aliphatic rings. The molecule has 0 saturated carbocycles. The molecule has 0 aliphatic heterocycles. The lowest BCUT2D eigenvalue weighted by molar-refractivity contribution is -0.137. The van der Waals surface area contributed by atoms with Crippen LogP contribution in [-0.2, 0) is 11.9 Å². The molecule has 4 rings (SSSR count). The van der Waals surface area contributed by atoms with E-state index in [-0.39, 0.29) is 0 Å². The van der Waals surface area contributed by atoms with E-state index in [9.17, 15) is 13.2 Å². The third-order valence-corrected chi connectivity index (χ3v) is 5.59. The molecule has 7 heteroatoms. The molecule has 0 unspecified atom stereocenters. The highest BCUT2D eigenvalue weighted by molar-refractivity contribution is 7.98. The second-order valence-electron chi connectivity index (χ2n) is 6.63. The highest BCUT2D eigenvalue weighted by Crippen LogP contribution is 2.32. The number of halogens is 3. The second-order valence-corrected chi connectivity index (χ2v) is 7.57. The fourth-order valence-electron chi connectivity index (χ4n) is 3.15. The summed E-state index contributed by atoms with van der Waals surface area (Å²) in [7, 11) is 0. The van der Waals surface area contributed by atoms with Crippen molar-refractivity contribution < 1.29 is 17.9 Å². The number of hydrogen-bond acceptors (Lipinski definition) is 3. The second kappa shape index (κ2) is 8.44. The van der Waals surface area contributed by atoms with Gasteiger partial charge in [0, 0.05) is 11.4 Å². The Hall–Kier alpha value is -2.93. The monoisotopic (exact) mass is 428 g/mol. The van der Waals surface area contributed by atoms with Crippen LogP contribution < -0.4 is 4.74 Å². The molecule has 1 heterocycles. The molecule has 3 aromatic carbocycles. The van der Waals surface area contributed by atoms with Gasteiger partial charge in [0.1, 0.15) is 5.75 Å². The zero-order chi connectivity index (χ0) is 21.1. The van der Waals surface area contributed by atoms with Crippen molar-refractivity contribution in [2.75, 3.05) is 6.61 Å². The topological polar surface area (TPSA) is 27.1 Å². The molecule has 0 saturated heterocycles. The van der Waals surface area contributed by atoms with Gasteiger partial charge in [-0.3, -0.25) is 4.57 Å². The number of nitrogens with zero attached hydrogens (tertiary/aromatic N) is 2. The van der Waals surface area contributed by atoms with Crippen molar-refractivity contribution in [2.45, 2.75) is 24.0 Å². The Kier molecular flexibility index (Phi) is 5.72. The summed E-state index contributed by atoms with van der Waals surface area (Å²) in [6, 6.07) is 20.9. The number of para-hydroxylation sites is 2. The maximum atomic E-state index is 12.8. The van der Waals surface area contributed by atoms with Gasteiger partial charge in [-0.25, -0.2) is 4.98 Å². The van der Waals surface area contributed by atoms with Gasteiger partial charge in [0.05, 0.1) is 23.2 Å². The highest BCUT2D eigenvalue weighted by atomic mass is 32.2. The summed E-state index contributed by atoms with van der Waals surface area (Å²) in [5, 5.41) is 0.778. The van der Waals surface area contributed by atoms with Crippen LogP contribution in [0.3, 0.4) is 0 Å². The summed E-state index contributed by atoms with van der Waals surface area (Å²) in [6.45, 7) is 2.54. The number of thioether (sulfide) groups is 1. The normalized spacial score (nSPS) is 11.7. The zero-order valence-corrected chi connectivity index (χ0v) is 17.0. The number of hydrogen-bond donors (Lipinski definition) is 0. The summed E-state index contributed by atoms with van der Waals surface area (Å²) >= 11 is 1.49. The molecule has 0 amide bonds. The Labute approximate surface area is 176 Å². The molecule has 0 N–H and O–H groups in total. The van der Waals surface area contributed by atoms with Crippen molar-refractivity contribution in [3.05, 3.63) is 83.9 Å². The van der Waals surface area contributed by atoms with Crippen molar-refractivity contribution in [3.63, 3.8) is 0 Å². The van der Waals surface area contributed by atoms with Gasteiger partial charge in [-0.05, 0) is 61.0 Å². The molecule has 154 valence electrons. The summed E-state index contributed by atoms with van der Waals surface area (Å²) in [4.78, 5) is 4.73. The Balaban J connectivity index is 1.63. The van der Waals surface area contributed by atoms with E-state index in [1.54, 1.807) is 0 Å². The van der Waals surface area contributed by atoms with Crippen LogP contribution in [0.5, 0.6) is 5.75 Å². The molecule has 4 aromatic rings. The Morgan fingerprint density at radius 2 is 1.63 bits per heavy atom. The van der Waals surface area contributed by atoms with Crippen LogP contribution in [0.1, 0.15) is 18.1 Å². The largest absolute Gasteiger partial charge is 0.494 e. The summed E-state index contributed by atoms with van der Waals surface area (Å²) < 4.78 is 45.9. The van der Waals surface area contributed by atoms with Crippen LogP contribution in [0.2, 0.25) is 0 Å². The van der Waals surface area contributed by atoms with E-state index >= 15 is 0 Å². The van der Waals surface area contributed by atoms with Crippen LogP contribution in [0, 0.1) is 0 Å². The minimum absolute atomic E-state index is 0.512. The molecule has 30 heavy (non-hydrogen) atoms. The first-order chi connectivity index (χ1) is 14.5. The highest BCUT2D eigenvalue weighted by Gasteiger charge is 2.29. The summed E-state index contributed by atoms with van der Waals surface area (Å²) in [5.41, 5.74) is 2.94. The van der Waals surface area contributed by atoms with Crippen molar-refractivity contribution in [3.8, 4) is 11.4 Å². The first-order valence-electron chi connectivity index (χ1n) is 9.45. The smallest absolute Gasteiger partial charge is 0.416 e. The van der Waals surface area contributed by atoms with Crippen molar-refractivity contribution in [1.82, 2.24) is 9.55 Å². The molecule has 0 atom stereocenters. The Bertz CT molecular complexity index is 1140. The van der Waals surface area contributed by atoms with Gasteiger partial charge < -0.3 is 4.74 Å². The molecule has 0 aliphatic carbocycles. The molecule has 0 radical (unpaired) electrons. The number of imidazole rings is 1. The lowest BCUT2D eigenvalue weighted by Gasteiger charge is -2.11. The minimum atomic E-state index is -4.33. The number of aromatic nitrogens is 2. The number of benzene rings is 3. The van der Waals surface area contributed by atoms with Crippen LogP contribution in [-0.4, -0.2) is 16.2 Å². The van der Waals surface area contributed by atoms with E-state index in [1.165, 1.54) is 23.9 Å². The van der Waals surface area contributed by atoms with E-state index < -0.39 is 11.7 Å². The van der Waals surface area contributed by atoms with Crippen LogP contribution in [0.4, 0.5) is 13.2 Å². The van der Waals surface area contributed by atoms with Gasteiger partial charge in [0.15, 0.2) is 5.16 Å². The summed E-state index contributed by atoms with van der Waals surface area (Å²) in [6.07, 6.45) is -4.33. The molecule has 1 aromatic heterocycles. The predicted molar refractivity (Wildman–Crippen MR) is 113 cm³/mol. The number of ether oxygens (including phenoxy) is 1. The van der Waals surface area contributed by atoms with Gasteiger partial charge in [0.25, 0.3) is 0 Å². The quantitative estimate of drug-likeness (QED) is 0.318. The fraction of sp³-hybridized carbons (Fsp3) is 0.174. The Morgan fingerprint density at radius 1 is 0.933 bits per heavy atom. The average Bonchev–Trinajstić information content (AvgIpc) is 3.11. The molecular formula is C23H19F3N2OS. The van der Waals surface area contributed by atoms with Gasteiger partial charge >= 0.3 is 6.18 Å². The third-order valence-electron chi connectivity index (χ3n) is 4.59. The SMILES string of the molecule is CCOc1ccc(-n2c(SCc3ccc(C(F)(F)F)cc3)nc3ccccc32)cc1. The van der Waals surface area contributed by atoms with Gasteiger partial charge in [-0.2, -0.15) is 13.2 Å². The maximum absolute atomic E-state index is 12.8. The molecule has 3 nitrogen and oxygen atoms in total. The molecular weight excluding hydrogens is 409 g/mol. The van der Waals surface area contributed by atoms with E-state index in [1.807, 2.05) is 55.5 Å². The zero-order valence-electron chi connectivity index (χ0n) is 16.2. The van der Waals surface area contributed by atoms with E-state index in [0.717, 1.165) is 45.3 Å². The van der Waals surface area contributed by atoms with E-state index in [4.69, 9.17) is 9.72 Å². The average molecular weight is 428 g/mol. The minimum Gasteiger partial charge on any atom is -0.494 e. The standard InChI is InChI=1S/C23H19F3N2OS/c1-2-29-19-13-11-18(12-14-19)28-21-6-4-3-5-20(21)27-22(28)30-15-16-7-9-17(10-8-16)23(24,25)26/h3-14H,2,15H2,1H3. The van der Waals surface area contributed by atoms with Crippen LogP contribution in [0.25, 0.3) is 16.7 Å². The van der Waals surface area contributed by atoms with Crippen molar-refractivity contribution in [2.24, 2.45) is 0 Å². The number of alkyl halides is 3. The van der Waals surface area contributed by atoms with Gasteiger partial charge in [-0.15, -0.1) is 0 Å². The van der Waals surface area contributed by atoms with Crippen LogP contribution in [0.15, 0.2) is 78.0 Å². The molecule has 0 spiro atoms. The fourth-order valence-corrected chi connectivity index (χ4v) is 4.13. The van der Waals surface area contributed by atoms with Gasteiger partial charge in [-0.1, -0.05) is 36.0 Å². The van der Waals surface area contributed by atoms with E-state index in [0.29, 0.717) is 12.4 Å². The van der Waals surface area contributed by atoms with Crippen molar-refractivity contribution in [1.29, 1.82) is 0 Å². The summed E-state index contributed by atoms with van der Waals surface area (Å²) in [5.74, 6) is 1.31. The first-order valence-corrected chi connectivity index (χ1v) is 10.4. The maximum Gasteiger partial charge on any atom is 0.416 e. The lowest BCUT2D eigenvalue weighted by Crippen LogP contribution is -2.04. The third kappa shape index (κ3) is 4.31. The Morgan fingerprint density at radius 3 is 2.30 bits per heavy atom.